The highest BCUT2D eigenvalue weighted by molar-refractivity contribution is 7.13. The van der Waals surface area contributed by atoms with Crippen molar-refractivity contribution >= 4 is 28.3 Å². The molecule has 138 valence electrons. The molecule has 2 amide bonds. The van der Waals surface area contributed by atoms with E-state index in [0.29, 0.717) is 18.0 Å². The third kappa shape index (κ3) is 4.79. The van der Waals surface area contributed by atoms with Gasteiger partial charge in [-0.1, -0.05) is 19.3 Å². The summed E-state index contributed by atoms with van der Waals surface area (Å²) in [6.07, 6.45) is 7.93. The maximum Gasteiger partial charge on any atom is 0.226 e. The molecule has 2 N–H and O–H groups in total. The van der Waals surface area contributed by atoms with Crippen molar-refractivity contribution in [2.45, 2.75) is 57.9 Å². The van der Waals surface area contributed by atoms with Crippen LogP contribution in [-0.2, 0) is 9.59 Å². The summed E-state index contributed by atoms with van der Waals surface area (Å²) in [5.74, 6) is 0.191. The first-order chi connectivity index (χ1) is 12.1. The van der Waals surface area contributed by atoms with Crippen LogP contribution in [0.1, 0.15) is 51.9 Å². The largest absolute Gasteiger partial charge is 0.337 e. The van der Waals surface area contributed by atoms with Crippen molar-refractivity contribution in [2.24, 2.45) is 5.41 Å². The molecule has 1 saturated carbocycles. The standard InChI is InChI=1S/C18H28N4O2S/c1-14-13-19-7-9-22(14)16(24)12-18(5-3-2-4-6-18)11-15(23)21-17-20-8-10-25-17/h8,10,14,19H,2-7,9,11-13H2,1H3,(H,20,21,23)/t14-/m0/s1. The van der Waals surface area contributed by atoms with Gasteiger partial charge in [0.25, 0.3) is 0 Å². The van der Waals surface area contributed by atoms with E-state index in [9.17, 15) is 9.59 Å². The minimum atomic E-state index is -0.193. The molecule has 0 unspecified atom stereocenters. The second kappa shape index (κ2) is 8.27. The van der Waals surface area contributed by atoms with E-state index < -0.39 is 0 Å². The number of aromatic nitrogens is 1. The average Bonchev–Trinajstić information content (AvgIpc) is 3.08. The molecule has 1 aromatic rings. The minimum absolute atomic E-state index is 0.0157. The number of hydrogen-bond donors (Lipinski definition) is 2. The summed E-state index contributed by atoms with van der Waals surface area (Å²) in [4.78, 5) is 31.6. The van der Waals surface area contributed by atoms with Crippen molar-refractivity contribution in [3.63, 3.8) is 0 Å². The Balaban J connectivity index is 1.65. The Labute approximate surface area is 153 Å². The predicted molar refractivity (Wildman–Crippen MR) is 99.5 cm³/mol. The molecule has 1 aromatic heterocycles. The molecule has 1 aliphatic carbocycles. The van der Waals surface area contributed by atoms with E-state index in [1.165, 1.54) is 17.8 Å². The lowest BCUT2D eigenvalue weighted by Crippen LogP contribution is -2.53. The predicted octanol–water partition coefficient (Wildman–Crippen LogP) is 2.63. The fourth-order valence-electron chi connectivity index (χ4n) is 4.14. The smallest absolute Gasteiger partial charge is 0.226 e. The van der Waals surface area contributed by atoms with Gasteiger partial charge in [-0.15, -0.1) is 11.3 Å². The highest BCUT2D eigenvalue weighted by atomic mass is 32.1. The first-order valence-electron chi connectivity index (χ1n) is 9.28. The van der Waals surface area contributed by atoms with Crippen LogP contribution in [0.4, 0.5) is 5.13 Å². The SMILES string of the molecule is C[C@H]1CNCCN1C(=O)CC1(CC(=O)Nc2nccs2)CCCCC1. The number of nitrogens with zero attached hydrogens (tertiary/aromatic N) is 2. The van der Waals surface area contributed by atoms with Crippen molar-refractivity contribution in [3.8, 4) is 0 Å². The molecule has 0 spiro atoms. The third-order valence-electron chi connectivity index (χ3n) is 5.48. The van der Waals surface area contributed by atoms with Crippen LogP contribution in [0.15, 0.2) is 11.6 Å². The number of thiazole rings is 1. The molecule has 2 heterocycles. The number of anilines is 1. The first kappa shape index (κ1) is 18.3. The normalized spacial score (nSPS) is 23.2. The summed E-state index contributed by atoms with van der Waals surface area (Å²) in [5.41, 5.74) is -0.193. The molecular formula is C18H28N4O2S. The van der Waals surface area contributed by atoms with E-state index in [-0.39, 0.29) is 23.3 Å². The quantitative estimate of drug-likeness (QED) is 0.842. The maximum absolute atomic E-state index is 12.9. The fraction of sp³-hybridized carbons (Fsp3) is 0.722. The van der Waals surface area contributed by atoms with Gasteiger partial charge in [0.2, 0.25) is 11.8 Å². The van der Waals surface area contributed by atoms with E-state index in [1.54, 1.807) is 6.20 Å². The van der Waals surface area contributed by atoms with Gasteiger partial charge in [0.05, 0.1) is 0 Å². The Hall–Kier alpha value is -1.47. The third-order valence-corrected chi connectivity index (χ3v) is 6.16. The lowest BCUT2D eigenvalue weighted by molar-refractivity contribution is -0.137. The molecule has 1 saturated heterocycles. The van der Waals surface area contributed by atoms with Crippen LogP contribution in [-0.4, -0.2) is 47.4 Å². The molecule has 25 heavy (non-hydrogen) atoms. The molecule has 0 radical (unpaired) electrons. The summed E-state index contributed by atoms with van der Waals surface area (Å²) < 4.78 is 0. The van der Waals surface area contributed by atoms with Crippen LogP contribution in [0, 0.1) is 5.41 Å². The lowest BCUT2D eigenvalue weighted by atomic mass is 9.69. The molecule has 3 rings (SSSR count). The number of rotatable bonds is 5. The van der Waals surface area contributed by atoms with Gasteiger partial charge in [-0.05, 0) is 25.2 Å². The lowest BCUT2D eigenvalue weighted by Gasteiger charge is -2.40. The Morgan fingerprint density at radius 3 is 2.84 bits per heavy atom. The zero-order valence-electron chi connectivity index (χ0n) is 14.9. The summed E-state index contributed by atoms with van der Waals surface area (Å²) in [6, 6.07) is 0.228. The molecule has 1 aliphatic heterocycles. The van der Waals surface area contributed by atoms with Gasteiger partial charge in [0, 0.05) is 50.1 Å². The molecule has 7 heteroatoms. The number of piperazine rings is 1. The van der Waals surface area contributed by atoms with E-state index in [1.807, 2.05) is 10.3 Å². The van der Waals surface area contributed by atoms with Crippen LogP contribution in [0.25, 0.3) is 0 Å². The Morgan fingerprint density at radius 1 is 1.36 bits per heavy atom. The van der Waals surface area contributed by atoms with Crippen molar-refractivity contribution < 1.29 is 9.59 Å². The number of carbonyl (C=O) groups is 2. The highest BCUT2D eigenvalue weighted by Gasteiger charge is 2.38. The molecule has 0 aromatic carbocycles. The molecule has 2 fully saturated rings. The van der Waals surface area contributed by atoms with Gasteiger partial charge in [-0.3, -0.25) is 9.59 Å². The van der Waals surface area contributed by atoms with E-state index in [0.717, 1.165) is 45.3 Å². The monoisotopic (exact) mass is 364 g/mol. The Kier molecular flexibility index (Phi) is 6.06. The minimum Gasteiger partial charge on any atom is -0.337 e. The van der Waals surface area contributed by atoms with Gasteiger partial charge < -0.3 is 15.5 Å². The van der Waals surface area contributed by atoms with Gasteiger partial charge in [-0.2, -0.15) is 0 Å². The first-order valence-corrected chi connectivity index (χ1v) is 10.2. The van der Waals surface area contributed by atoms with Crippen molar-refractivity contribution in [1.82, 2.24) is 15.2 Å². The maximum atomic E-state index is 12.9. The number of amides is 2. The van der Waals surface area contributed by atoms with Crippen LogP contribution in [0.2, 0.25) is 0 Å². The summed E-state index contributed by atoms with van der Waals surface area (Å²) in [6.45, 7) is 4.56. The Bertz CT molecular complexity index is 584. The van der Waals surface area contributed by atoms with Gasteiger partial charge in [-0.25, -0.2) is 4.98 Å². The number of nitrogens with one attached hydrogen (secondary N) is 2. The summed E-state index contributed by atoms with van der Waals surface area (Å²) in [5, 5.41) is 8.70. The molecular weight excluding hydrogens is 336 g/mol. The molecule has 1 atom stereocenters. The van der Waals surface area contributed by atoms with E-state index in [2.05, 4.69) is 22.5 Å². The van der Waals surface area contributed by atoms with Gasteiger partial charge >= 0.3 is 0 Å². The van der Waals surface area contributed by atoms with Crippen molar-refractivity contribution in [1.29, 1.82) is 0 Å². The molecule has 6 nitrogen and oxygen atoms in total. The molecule has 0 bridgehead atoms. The van der Waals surface area contributed by atoms with Crippen LogP contribution >= 0.6 is 11.3 Å². The average molecular weight is 365 g/mol. The van der Waals surface area contributed by atoms with E-state index in [4.69, 9.17) is 0 Å². The Morgan fingerprint density at radius 2 is 2.16 bits per heavy atom. The number of hydrogen-bond acceptors (Lipinski definition) is 5. The summed E-state index contributed by atoms with van der Waals surface area (Å²) in [7, 11) is 0. The summed E-state index contributed by atoms with van der Waals surface area (Å²) >= 11 is 1.42. The van der Waals surface area contributed by atoms with Crippen molar-refractivity contribution in [3.05, 3.63) is 11.6 Å². The number of carbonyl (C=O) groups excluding carboxylic acids is 2. The second-order valence-corrected chi connectivity index (χ2v) is 8.33. The zero-order valence-corrected chi connectivity index (χ0v) is 15.7. The van der Waals surface area contributed by atoms with Crippen LogP contribution < -0.4 is 10.6 Å². The second-order valence-electron chi connectivity index (χ2n) is 7.44. The topological polar surface area (TPSA) is 74.3 Å². The highest BCUT2D eigenvalue weighted by Crippen LogP contribution is 2.43. The van der Waals surface area contributed by atoms with E-state index >= 15 is 0 Å². The van der Waals surface area contributed by atoms with Gasteiger partial charge in [0.15, 0.2) is 5.13 Å². The van der Waals surface area contributed by atoms with Gasteiger partial charge in [0.1, 0.15) is 0 Å². The van der Waals surface area contributed by atoms with Crippen molar-refractivity contribution in [2.75, 3.05) is 25.0 Å². The fourth-order valence-corrected chi connectivity index (χ4v) is 4.69. The van der Waals surface area contributed by atoms with Crippen LogP contribution in [0.5, 0.6) is 0 Å². The van der Waals surface area contributed by atoms with Crippen LogP contribution in [0.3, 0.4) is 0 Å². The molecule has 2 aliphatic rings. The zero-order chi connectivity index (χ0) is 17.7.